The molecule has 1 aliphatic heterocycles. The lowest BCUT2D eigenvalue weighted by Crippen LogP contribution is -2.26. The molecule has 1 aromatic rings. The number of ether oxygens (including phenoxy) is 1. The number of nitrogens with zero attached hydrogens (tertiary/aromatic N) is 2. The van der Waals surface area contributed by atoms with Gasteiger partial charge in [0.05, 0.1) is 12.7 Å². The predicted octanol–water partition coefficient (Wildman–Crippen LogP) is 1.10. The van der Waals surface area contributed by atoms with Crippen molar-refractivity contribution in [1.29, 1.82) is 0 Å². The summed E-state index contributed by atoms with van der Waals surface area (Å²) < 4.78 is 32.8. The van der Waals surface area contributed by atoms with Gasteiger partial charge in [-0.25, -0.2) is 0 Å². The van der Waals surface area contributed by atoms with Crippen molar-refractivity contribution in [2.75, 3.05) is 20.7 Å². The van der Waals surface area contributed by atoms with Gasteiger partial charge >= 0.3 is 0 Å². The van der Waals surface area contributed by atoms with Gasteiger partial charge in [0.2, 0.25) is 0 Å². The zero-order valence-corrected chi connectivity index (χ0v) is 10.8. The minimum Gasteiger partial charge on any atom is -0.496 e. The first-order valence-electron chi connectivity index (χ1n) is 5.24. The standard InChI is InChI=1S/C11H14N2O3S/c1-4-13(2)11-10-8(16-3)6-5-7-9(10)17(14,15)12-11/h5-7H,4H2,1-3H3. The maximum atomic E-state index is 11.9. The highest BCUT2D eigenvalue weighted by molar-refractivity contribution is 7.90. The molecule has 1 heterocycles. The van der Waals surface area contributed by atoms with Crippen LogP contribution in [0.2, 0.25) is 0 Å². The van der Waals surface area contributed by atoms with E-state index in [0.29, 0.717) is 23.7 Å². The summed E-state index contributed by atoms with van der Waals surface area (Å²) in [6, 6.07) is 4.94. The molecular formula is C11H14N2O3S. The summed E-state index contributed by atoms with van der Waals surface area (Å²) in [7, 11) is -0.257. The van der Waals surface area contributed by atoms with Gasteiger partial charge in [0, 0.05) is 13.6 Å². The predicted molar refractivity (Wildman–Crippen MR) is 65.0 cm³/mol. The van der Waals surface area contributed by atoms with Crippen molar-refractivity contribution < 1.29 is 13.2 Å². The van der Waals surface area contributed by atoms with Crippen molar-refractivity contribution in [3.05, 3.63) is 23.8 Å². The van der Waals surface area contributed by atoms with Crippen LogP contribution in [0.1, 0.15) is 12.5 Å². The van der Waals surface area contributed by atoms with Crippen LogP contribution in [0.15, 0.2) is 27.5 Å². The first-order chi connectivity index (χ1) is 8.01. The van der Waals surface area contributed by atoms with E-state index in [-0.39, 0.29) is 4.90 Å². The molecule has 0 aliphatic carbocycles. The number of benzene rings is 1. The van der Waals surface area contributed by atoms with Crippen molar-refractivity contribution >= 4 is 15.9 Å². The highest BCUT2D eigenvalue weighted by Gasteiger charge is 2.33. The lowest BCUT2D eigenvalue weighted by molar-refractivity contribution is 0.411. The number of rotatable bonds is 2. The van der Waals surface area contributed by atoms with Crippen LogP contribution in [-0.2, 0) is 10.0 Å². The monoisotopic (exact) mass is 254 g/mol. The average Bonchev–Trinajstić information content (AvgIpc) is 2.61. The second-order valence-corrected chi connectivity index (χ2v) is 5.31. The quantitative estimate of drug-likeness (QED) is 0.793. The molecule has 6 heteroatoms. The van der Waals surface area contributed by atoms with E-state index in [1.54, 1.807) is 30.1 Å². The van der Waals surface area contributed by atoms with Crippen LogP contribution < -0.4 is 4.74 Å². The van der Waals surface area contributed by atoms with E-state index in [9.17, 15) is 8.42 Å². The molecule has 17 heavy (non-hydrogen) atoms. The SMILES string of the molecule is CCN(C)C1=NS(=O)(=O)c2cccc(OC)c21. The molecule has 0 saturated carbocycles. The third-order valence-corrected chi connectivity index (χ3v) is 4.06. The van der Waals surface area contributed by atoms with Crippen LogP contribution in [0.3, 0.4) is 0 Å². The summed E-state index contributed by atoms with van der Waals surface area (Å²) in [6.07, 6.45) is 0. The number of amidine groups is 1. The van der Waals surface area contributed by atoms with Gasteiger partial charge in [0.25, 0.3) is 10.0 Å². The summed E-state index contributed by atoms with van der Waals surface area (Å²) in [5.41, 5.74) is 0.555. The zero-order chi connectivity index (χ0) is 12.6. The fraction of sp³-hybridized carbons (Fsp3) is 0.364. The Kier molecular flexibility index (Phi) is 2.82. The molecular weight excluding hydrogens is 240 g/mol. The van der Waals surface area contributed by atoms with Crippen molar-refractivity contribution in [3.63, 3.8) is 0 Å². The zero-order valence-electron chi connectivity index (χ0n) is 9.97. The Balaban J connectivity index is 2.71. The first kappa shape index (κ1) is 11.9. The first-order valence-corrected chi connectivity index (χ1v) is 6.68. The Morgan fingerprint density at radius 2 is 2.12 bits per heavy atom. The molecule has 0 aromatic heterocycles. The molecule has 0 bridgehead atoms. The summed E-state index contributed by atoms with van der Waals surface area (Å²) in [6.45, 7) is 2.61. The lowest BCUT2D eigenvalue weighted by Gasteiger charge is -2.17. The van der Waals surface area contributed by atoms with E-state index in [0.717, 1.165) is 0 Å². The van der Waals surface area contributed by atoms with Crippen LogP contribution in [0, 0.1) is 0 Å². The summed E-state index contributed by atoms with van der Waals surface area (Å²) in [4.78, 5) is 2.00. The number of fused-ring (bicyclic) bond motifs is 1. The molecule has 92 valence electrons. The highest BCUT2D eigenvalue weighted by Crippen LogP contribution is 2.33. The number of hydrogen-bond donors (Lipinski definition) is 0. The van der Waals surface area contributed by atoms with E-state index in [2.05, 4.69) is 4.40 Å². The van der Waals surface area contributed by atoms with E-state index in [1.165, 1.54) is 7.11 Å². The van der Waals surface area contributed by atoms with Gasteiger partial charge in [0.15, 0.2) is 5.84 Å². The number of methoxy groups -OCH3 is 1. The Bertz CT molecular complexity index is 578. The van der Waals surface area contributed by atoms with Crippen molar-refractivity contribution in [1.82, 2.24) is 4.90 Å². The topological polar surface area (TPSA) is 59.0 Å². The van der Waals surface area contributed by atoms with Gasteiger partial charge in [-0.1, -0.05) is 6.07 Å². The Morgan fingerprint density at radius 3 is 2.71 bits per heavy atom. The molecule has 0 N–H and O–H groups in total. The molecule has 0 saturated heterocycles. The highest BCUT2D eigenvalue weighted by atomic mass is 32.2. The third kappa shape index (κ3) is 1.78. The van der Waals surface area contributed by atoms with Gasteiger partial charge in [-0.3, -0.25) is 0 Å². The molecule has 0 spiro atoms. The van der Waals surface area contributed by atoms with Crippen LogP contribution >= 0.6 is 0 Å². The smallest absolute Gasteiger partial charge is 0.285 e. The van der Waals surface area contributed by atoms with Crippen LogP contribution in [0.5, 0.6) is 5.75 Å². The van der Waals surface area contributed by atoms with Gasteiger partial charge in [-0.05, 0) is 19.1 Å². The van der Waals surface area contributed by atoms with E-state index in [1.807, 2.05) is 6.92 Å². The fourth-order valence-electron chi connectivity index (χ4n) is 1.74. The van der Waals surface area contributed by atoms with E-state index in [4.69, 9.17) is 4.74 Å². The van der Waals surface area contributed by atoms with E-state index >= 15 is 0 Å². The fourth-order valence-corrected chi connectivity index (χ4v) is 2.99. The molecule has 0 fully saturated rings. The molecule has 0 radical (unpaired) electrons. The van der Waals surface area contributed by atoms with Crippen molar-refractivity contribution in [2.45, 2.75) is 11.8 Å². The summed E-state index contributed by atoms with van der Waals surface area (Å²) >= 11 is 0. The third-order valence-electron chi connectivity index (χ3n) is 2.75. The molecule has 0 atom stereocenters. The lowest BCUT2D eigenvalue weighted by atomic mass is 10.1. The van der Waals surface area contributed by atoms with Crippen LogP contribution in [0.25, 0.3) is 0 Å². The number of hydrogen-bond acceptors (Lipinski definition) is 4. The minimum absolute atomic E-state index is 0.215. The van der Waals surface area contributed by atoms with Crippen molar-refractivity contribution in [3.8, 4) is 5.75 Å². The Labute approximate surface area is 101 Å². The van der Waals surface area contributed by atoms with E-state index < -0.39 is 10.0 Å². The van der Waals surface area contributed by atoms with Gasteiger partial charge in [0.1, 0.15) is 10.6 Å². The molecule has 2 rings (SSSR count). The van der Waals surface area contributed by atoms with Gasteiger partial charge in [-0.15, -0.1) is 4.40 Å². The van der Waals surface area contributed by atoms with Crippen LogP contribution in [0.4, 0.5) is 0 Å². The summed E-state index contributed by atoms with van der Waals surface area (Å²) in [5.74, 6) is 0.975. The maximum Gasteiger partial charge on any atom is 0.285 e. The normalized spacial score (nSPS) is 16.3. The second kappa shape index (κ2) is 4.03. The Hall–Kier alpha value is -1.56. The molecule has 1 aromatic carbocycles. The summed E-state index contributed by atoms with van der Waals surface area (Å²) in [5, 5.41) is 0. The molecule has 0 unspecified atom stereocenters. The van der Waals surface area contributed by atoms with Gasteiger partial charge in [-0.2, -0.15) is 8.42 Å². The van der Waals surface area contributed by atoms with Gasteiger partial charge < -0.3 is 9.64 Å². The average molecular weight is 254 g/mol. The molecule has 5 nitrogen and oxygen atoms in total. The maximum absolute atomic E-state index is 11.9. The second-order valence-electron chi connectivity index (χ2n) is 3.74. The number of sulfonamides is 1. The van der Waals surface area contributed by atoms with Crippen LogP contribution in [-0.4, -0.2) is 39.9 Å². The largest absolute Gasteiger partial charge is 0.496 e. The van der Waals surface area contributed by atoms with Crippen molar-refractivity contribution in [2.24, 2.45) is 4.40 Å². The Morgan fingerprint density at radius 1 is 1.41 bits per heavy atom. The molecule has 0 amide bonds. The molecule has 1 aliphatic rings. The minimum atomic E-state index is -3.58.